The van der Waals surface area contributed by atoms with Gasteiger partial charge in [-0.3, -0.25) is 9.59 Å². The number of carbonyl (C=O) groups excluding carboxylic acids is 2. The molecule has 0 spiro atoms. The zero-order valence-electron chi connectivity index (χ0n) is 11.1. The zero-order valence-corrected chi connectivity index (χ0v) is 12.7. The number of nitrogens with zero attached hydrogens (tertiary/aromatic N) is 1. The molecule has 0 aromatic heterocycles. The molecular formula is C13H17BrN2O3. The highest BCUT2D eigenvalue weighted by Crippen LogP contribution is 2.23. The molecule has 104 valence electrons. The molecule has 0 aliphatic rings. The average molecular weight is 329 g/mol. The molecule has 1 rings (SSSR count). The van der Waals surface area contributed by atoms with Gasteiger partial charge in [0.2, 0.25) is 5.91 Å². The summed E-state index contributed by atoms with van der Waals surface area (Å²) in [5.74, 6) is -0.748. The lowest BCUT2D eigenvalue weighted by atomic mass is 10.2. The van der Waals surface area contributed by atoms with Gasteiger partial charge < -0.3 is 15.3 Å². The van der Waals surface area contributed by atoms with Crippen LogP contribution in [0.5, 0.6) is 5.75 Å². The SMILES string of the molecule is CC(C)NC(=O)CN(C)C(=O)c1ccc(Br)cc1O. The van der Waals surface area contributed by atoms with Gasteiger partial charge in [0.05, 0.1) is 12.1 Å². The van der Waals surface area contributed by atoms with Gasteiger partial charge >= 0.3 is 0 Å². The Morgan fingerprint density at radius 2 is 2.05 bits per heavy atom. The maximum absolute atomic E-state index is 12.1. The molecule has 5 nitrogen and oxygen atoms in total. The number of rotatable bonds is 4. The maximum atomic E-state index is 12.1. The van der Waals surface area contributed by atoms with Crippen molar-refractivity contribution in [3.8, 4) is 5.75 Å². The number of phenols is 1. The number of carbonyl (C=O) groups is 2. The first kappa shape index (κ1) is 15.5. The van der Waals surface area contributed by atoms with E-state index in [2.05, 4.69) is 21.2 Å². The summed E-state index contributed by atoms with van der Waals surface area (Å²) >= 11 is 3.20. The molecule has 1 aromatic carbocycles. The van der Waals surface area contributed by atoms with Crippen LogP contribution in [0, 0.1) is 0 Å². The minimum atomic E-state index is -0.399. The average Bonchev–Trinajstić information content (AvgIpc) is 2.26. The molecule has 0 atom stereocenters. The highest BCUT2D eigenvalue weighted by atomic mass is 79.9. The summed E-state index contributed by atoms with van der Waals surface area (Å²) in [5.41, 5.74) is 0.169. The Morgan fingerprint density at radius 3 is 2.58 bits per heavy atom. The van der Waals surface area contributed by atoms with Gasteiger partial charge in [-0.25, -0.2) is 0 Å². The van der Waals surface area contributed by atoms with Crippen LogP contribution in [0.1, 0.15) is 24.2 Å². The smallest absolute Gasteiger partial charge is 0.257 e. The second kappa shape index (κ2) is 6.56. The first-order chi connectivity index (χ1) is 8.81. The lowest BCUT2D eigenvalue weighted by Gasteiger charge is -2.18. The first-order valence-corrected chi connectivity index (χ1v) is 6.64. The van der Waals surface area contributed by atoms with Gasteiger partial charge in [0.25, 0.3) is 5.91 Å². The predicted molar refractivity (Wildman–Crippen MR) is 76.0 cm³/mol. The van der Waals surface area contributed by atoms with Gasteiger partial charge in [-0.15, -0.1) is 0 Å². The third-order valence-electron chi connectivity index (χ3n) is 2.37. The Labute approximate surface area is 120 Å². The Hall–Kier alpha value is -1.56. The van der Waals surface area contributed by atoms with Crippen LogP contribution in [0.15, 0.2) is 22.7 Å². The van der Waals surface area contributed by atoms with Crippen LogP contribution in [0.3, 0.4) is 0 Å². The quantitative estimate of drug-likeness (QED) is 0.884. The summed E-state index contributed by atoms with van der Waals surface area (Å²) in [6.07, 6.45) is 0. The van der Waals surface area contributed by atoms with Crippen LogP contribution in [-0.2, 0) is 4.79 Å². The number of hydrogen-bond acceptors (Lipinski definition) is 3. The molecule has 6 heteroatoms. The van der Waals surface area contributed by atoms with Crippen molar-refractivity contribution in [2.75, 3.05) is 13.6 Å². The molecule has 2 amide bonds. The van der Waals surface area contributed by atoms with E-state index in [1.807, 2.05) is 13.8 Å². The topological polar surface area (TPSA) is 69.6 Å². The fourth-order valence-corrected chi connectivity index (χ4v) is 1.90. The fourth-order valence-electron chi connectivity index (χ4n) is 1.55. The van der Waals surface area contributed by atoms with Crippen molar-refractivity contribution in [1.29, 1.82) is 0 Å². The van der Waals surface area contributed by atoms with Gasteiger partial charge in [0.1, 0.15) is 5.75 Å². The van der Waals surface area contributed by atoms with E-state index >= 15 is 0 Å². The van der Waals surface area contributed by atoms with E-state index in [0.717, 1.165) is 0 Å². The summed E-state index contributed by atoms with van der Waals surface area (Å²) < 4.78 is 0.682. The Balaban J connectivity index is 2.74. The largest absolute Gasteiger partial charge is 0.507 e. The highest BCUT2D eigenvalue weighted by molar-refractivity contribution is 9.10. The minimum absolute atomic E-state index is 0.0251. The molecule has 0 saturated heterocycles. The number of nitrogens with one attached hydrogen (secondary N) is 1. The first-order valence-electron chi connectivity index (χ1n) is 5.84. The van der Waals surface area contributed by atoms with Gasteiger partial charge in [-0.05, 0) is 32.0 Å². The van der Waals surface area contributed by atoms with E-state index in [0.29, 0.717) is 4.47 Å². The molecule has 2 N–H and O–H groups in total. The van der Waals surface area contributed by atoms with E-state index in [1.165, 1.54) is 24.1 Å². The number of amides is 2. The van der Waals surface area contributed by atoms with Gasteiger partial charge in [0, 0.05) is 17.6 Å². The van der Waals surface area contributed by atoms with E-state index in [9.17, 15) is 14.7 Å². The number of aromatic hydroxyl groups is 1. The summed E-state index contributed by atoms with van der Waals surface area (Å²) in [6.45, 7) is 3.65. The van der Waals surface area contributed by atoms with E-state index in [1.54, 1.807) is 6.07 Å². The molecule has 0 bridgehead atoms. The van der Waals surface area contributed by atoms with Crippen LogP contribution in [0.2, 0.25) is 0 Å². The number of likely N-dealkylation sites (N-methyl/N-ethyl adjacent to an activating group) is 1. The van der Waals surface area contributed by atoms with E-state index in [-0.39, 0.29) is 29.8 Å². The highest BCUT2D eigenvalue weighted by Gasteiger charge is 2.18. The lowest BCUT2D eigenvalue weighted by Crippen LogP contribution is -2.40. The standard InChI is InChI=1S/C13H17BrN2O3/c1-8(2)15-12(18)7-16(3)13(19)10-5-4-9(14)6-11(10)17/h4-6,8,17H,7H2,1-3H3,(H,15,18). The second-order valence-electron chi connectivity index (χ2n) is 4.54. The number of phenolic OH excluding ortho intramolecular Hbond substituents is 1. The molecular weight excluding hydrogens is 312 g/mol. The molecule has 0 heterocycles. The van der Waals surface area contributed by atoms with Crippen LogP contribution in [0.25, 0.3) is 0 Å². The zero-order chi connectivity index (χ0) is 14.6. The molecule has 0 fully saturated rings. The fraction of sp³-hybridized carbons (Fsp3) is 0.385. The summed E-state index contributed by atoms with van der Waals surface area (Å²) in [4.78, 5) is 24.9. The number of halogens is 1. The van der Waals surface area contributed by atoms with E-state index < -0.39 is 5.91 Å². The van der Waals surface area contributed by atoms with Gasteiger partial charge in [0.15, 0.2) is 0 Å². The third-order valence-corrected chi connectivity index (χ3v) is 2.86. The molecule has 19 heavy (non-hydrogen) atoms. The molecule has 0 aliphatic heterocycles. The van der Waals surface area contributed by atoms with Crippen LogP contribution >= 0.6 is 15.9 Å². The maximum Gasteiger partial charge on any atom is 0.257 e. The van der Waals surface area contributed by atoms with Crippen LogP contribution in [0.4, 0.5) is 0 Å². The number of benzene rings is 1. The van der Waals surface area contributed by atoms with Crippen molar-refractivity contribution >= 4 is 27.7 Å². The van der Waals surface area contributed by atoms with Crippen molar-refractivity contribution in [3.05, 3.63) is 28.2 Å². The molecule has 0 aliphatic carbocycles. The Kier molecular flexibility index (Phi) is 5.35. The molecule has 0 radical (unpaired) electrons. The van der Waals surface area contributed by atoms with Gasteiger partial charge in [-0.2, -0.15) is 0 Å². The molecule has 1 aromatic rings. The van der Waals surface area contributed by atoms with Crippen molar-refractivity contribution in [2.45, 2.75) is 19.9 Å². The Bertz CT molecular complexity index is 489. The van der Waals surface area contributed by atoms with Crippen LogP contribution in [-0.4, -0.2) is 41.5 Å². The monoisotopic (exact) mass is 328 g/mol. The van der Waals surface area contributed by atoms with Crippen molar-refractivity contribution in [1.82, 2.24) is 10.2 Å². The Morgan fingerprint density at radius 1 is 1.42 bits per heavy atom. The second-order valence-corrected chi connectivity index (χ2v) is 5.46. The lowest BCUT2D eigenvalue weighted by molar-refractivity contribution is -0.122. The molecule has 0 unspecified atom stereocenters. The number of hydrogen-bond donors (Lipinski definition) is 2. The van der Waals surface area contributed by atoms with E-state index in [4.69, 9.17) is 0 Å². The third kappa shape index (κ3) is 4.55. The van der Waals surface area contributed by atoms with Crippen molar-refractivity contribution in [3.63, 3.8) is 0 Å². The summed E-state index contributed by atoms with van der Waals surface area (Å²) in [5, 5.41) is 12.4. The van der Waals surface area contributed by atoms with Crippen molar-refractivity contribution in [2.24, 2.45) is 0 Å². The summed E-state index contributed by atoms with van der Waals surface area (Å²) in [6, 6.07) is 4.64. The normalized spacial score (nSPS) is 10.4. The minimum Gasteiger partial charge on any atom is -0.507 e. The molecule has 0 saturated carbocycles. The van der Waals surface area contributed by atoms with Gasteiger partial charge in [-0.1, -0.05) is 15.9 Å². The summed E-state index contributed by atoms with van der Waals surface area (Å²) in [7, 11) is 1.52. The predicted octanol–water partition coefficient (Wildman–Crippen LogP) is 1.75. The van der Waals surface area contributed by atoms with Crippen LogP contribution < -0.4 is 5.32 Å². The van der Waals surface area contributed by atoms with Crippen molar-refractivity contribution < 1.29 is 14.7 Å².